The van der Waals surface area contributed by atoms with Crippen LogP contribution >= 0.6 is 15.9 Å². The highest BCUT2D eigenvalue weighted by Gasteiger charge is 2.45. The van der Waals surface area contributed by atoms with Gasteiger partial charge in [-0.15, -0.1) is 5.10 Å². The van der Waals surface area contributed by atoms with Crippen molar-refractivity contribution in [2.45, 2.75) is 71.7 Å². The van der Waals surface area contributed by atoms with Gasteiger partial charge in [0.2, 0.25) is 0 Å². The Kier molecular flexibility index (Phi) is 7.01. The lowest BCUT2D eigenvalue weighted by Crippen LogP contribution is -2.29. The first-order chi connectivity index (χ1) is 18.0. The quantitative estimate of drug-likeness (QED) is 0.311. The van der Waals surface area contributed by atoms with Gasteiger partial charge in [-0.25, -0.2) is 4.98 Å². The van der Waals surface area contributed by atoms with Gasteiger partial charge < -0.3 is 14.9 Å². The number of carbonyl (C=O) groups excluding carboxylic acids is 1. The van der Waals surface area contributed by atoms with E-state index >= 15 is 0 Å². The Hall–Kier alpha value is -2.93. The van der Waals surface area contributed by atoms with Crippen molar-refractivity contribution in [3.05, 3.63) is 39.9 Å². The van der Waals surface area contributed by atoms with Crippen molar-refractivity contribution in [1.29, 1.82) is 0 Å². The number of rotatable bonds is 6. The van der Waals surface area contributed by atoms with E-state index in [0.29, 0.717) is 36.0 Å². The first-order valence-corrected chi connectivity index (χ1v) is 13.7. The van der Waals surface area contributed by atoms with Crippen molar-refractivity contribution >= 4 is 44.4 Å². The molecular weight excluding hydrogens is 548 g/mol. The number of aromatic nitrogens is 3. The molecule has 0 radical (unpaired) electrons. The molecule has 2 saturated carbocycles. The first-order valence-electron chi connectivity index (χ1n) is 12.9. The fourth-order valence-electron chi connectivity index (χ4n) is 5.59. The average molecular weight is 582 g/mol. The maximum Gasteiger partial charge on any atom is 0.308 e. The monoisotopic (exact) mass is 580 g/mol. The molecule has 38 heavy (non-hydrogen) atoms. The van der Waals surface area contributed by atoms with E-state index in [9.17, 15) is 15.0 Å². The molecule has 1 aromatic carbocycles. The molecule has 8 nitrogen and oxygen atoms in total. The van der Waals surface area contributed by atoms with Crippen molar-refractivity contribution in [1.82, 2.24) is 14.8 Å². The van der Waals surface area contributed by atoms with Crippen LogP contribution in [0.5, 0.6) is 5.88 Å². The van der Waals surface area contributed by atoms with Gasteiger partial charge in [-0.2, -0.15) is 0 Å². The Morgan fingerprint density at radius 1 is 1.29 bits per heavy atom. The molecule has 1 amide bonds. The normalized spacial score (nSPS) is 20.4. The van der Waals surface area contributed by atoms with Gasteiger partial charge in [0.15, 0.2) is 11.8 Å². The number of hydrogen-bond acceptors (Lipinski definition) is 6. The second-order valence-corrected chi connectivity index (χ2v) is 12.0. The van der Waals surface area contributed by atoms with Gasteiger partial charge in [-0.3, -0.25) is 14.4 Å². The number of fused-ring (bicyclic) bond motifs is 1. The van der Waals surface area contributed by atoms with Gasteiger partial charge in [0.1, 0.15) is 11.9 Å². The molecule has 2 N–H and O–H groups in total. The second-order valence-electron chi connectivity index (χ2n) is 11.1. The van der Waals surface area contributed by atoms with Gasteiger partial charge >= 0.3 is 5.91 Å². The molecule has 2 unspecified atom stereocenters. The minimum Gasteiger partial charge on any atom is -0.472 e. The number of aliphatic hydroxyl groups excluding tert-OH is 1. The molecule has 9 heteroatoms. The van der Waals surface area contributed by atoms with Gasteiger partial charge in [-0.1, -0.05) is 35.7 Å². The van der Waals surface area contributed by atoms with E-state index in [4.69, 9.17) is 9.72 Å². The van der Waals surface area contributed by atoms with Crippen molar-refractivity contribution in [3.8, 4) is 17.7 Å². The third kappa shape index (κ3) is 4.93. The van der Waals surface area contributed by atoms with E-state index in [-0.39, 0.29) is 23.3 Å². The highest BCUT2D eigenvalue weighted by molar-refractivity contribution is 9.10. The van der Waals surface area contributed by atoms with Crippen LogP contribution in [0.3, 0.4) is 0 Å². The third-order valence-corrected chi connectivity index (χ3v) is 8.65. The first kappa shape index (κ1) is 26.7. The van der Waals surface area contributed by atoms with Crippen molar-refractivity contribution < 1.29 is 19.7 Å². The lowest BCUT2D eigenvalue weighted by atomic mass is 9.81. The highest BCUT2D eigenvalue weighted by atomic mass is 79.9. The molecule has 0 spiro atoms. The Balaban J connectivity index is 1.58. The number of carbonyl (C=O) groups is 1. The van der Waals surface area contributed by atoms with Crippen molar-refractivity contribution in [2.24, 2.45) is 18.4 Å². The average Bonchev–Trinajstić information content (AvgIpc) is 3.58. The zero-order chi connectivity index (χ0) is 27.4. The van der Waals surface area contributed by atoms with Crippen LogP contribution in [0.1, 0.15) is 63.5 Å². The van der Waals surface area contributed by atoms with Crippen LogP contribution in [0.15, 0.2) is 28.7 Å². The molecular formula is C29H33BrN4O4. The molecule has 2 atom stereocenters. The molecule has 5 rings (SSSR count). The van der Waals surface area contributed by atoms with Crippen molar-refractivity contribution in [2.75, 3.05) is 4.90 Å². The molecule has 0 bridgehead atoms. The Morgan fingerprint density at radius 2 is 2.03 bits per heavy atom. The predicted octanol–water partition coefficient (Wildman–Crippen LogP) is 5.10. The minimum atomic E-state index is -1.40. The van der Waals surface area contributed by atoms with Gasteiger partial charge in [-0.05, 0) is 92.2 Å². The van der Waals surface area contributed by atoms with Crippen LogP contribution in [0.25, 0.3) is 11.0 Å². The summed E-state index contributed by atoms with van der Waals surface area (Å²) in [5, 5.41) is 24.3. The standard InChI is InChI=1S/C29H33BrN4O4/c1-6-7-25(35)34(23-12-16(2)21(30)14-19(23)17-8-9-17)24-11-10-22-26(31-24)27(32-33(22)5)38-18-13-20(28(36)37)29(3,4)15-18/h10-12,14,17-18,20,28,36-37H,8-9,13,15H2,1-5H3. The maximum absolute atomic E-state index is 13.4. The van der Waals surface area contributed by atoms with E-state index < -0.39 is 6.29 Å². The SMILES string of the molecule is CC#CC(=O)N(c1ccc2c(n1)c(OC1CC(C(O)O)C(C)(C)C1)nn2C)c1cc(C)c(Br)cc1C1CC1. The van der Waals surface area contributed by atoms with Crippen LogP contribution in [0, 0.1) is 30.1 Å². The lowest BCUT2D eigenvalue weighted by Gasteiger charge is -2.27. The van der Waals surface area contributed by atoms with E-state index in [0.717, 1.165) is 39.6 Å². The molecule has 200 valence electrons. The van der Waals surface area contributed by atoms with Crippen LogP contribution in [0.2, 0.25) is 0 Å². The molecule has 3 aromatic rings. The Bertz CT molecular complexity index is 1460. The summed E-state index contributed by atoms with van der Waals surface area (Å²) in [5.41, 5.74) is 3.92. The topological polar surface area (TPSA) is 101 Å². The summed E-state index contributed by atoms with van der Waals surface area (Å²) in [6, 6.07) is 7.82. The van der Waals surface area contributed by atoms with Gasteiger partial charge in [0.25, 0.3) is 5.88 Å². The number of ether oxygens (including phenoxy) is 1. The summed E-state index contributed by atoms with van der Waals surface area (Å²) in [6.45, 7) is 7.68. The zero-order valence-corrected chi connectivity index (χ0v) is 23.9. The van der Waals surface area contributed by atoms with E-state index in [1.54, 1.807) is 16.5 Å². The number of halogens is 1. The fraction of sp³-hybridized carbons (Fsp3) is 0.483. The van der Waals surface area contributed by atoms with Crippen LogP contribution in [0.4, 0.5) is 11.5 Å². The molecule has 0 aliphatic heterocycles. The molecule has 2 aliphatic carbocycles. The number of amides is 1. The van der Waals surface area contributed by atoms with Crippen LogP contribution < -0.4 is 9.64 Å². The van der Waals surface area contributed by atoms with Gasteiger partial charge in [0, 0.05) is 17.4 Å². The maximum atomic E-state index is 13.4. The number of aliphatic hydroxyl groups is 2. The summed E-state index contributed by atoms with van der Waals surface area (Å²) in [7, 11) is 1.82. The van der Waals surface area contributed by atoms with Crippen molar-refractivity contribution in [3.63, 3.8) is 0 Å². The number of nitrogens with zero attached hydrogens (tertiary/aromatic N) is 4. The van der Waals surface area contributed by atoms with Crippen LogP contribution in [-0.2, 0) is 11.8 Å². The molecule has 2 fully saturated rings. The summed E-state index contributed by atoms with van der Waals surface area (Å²) < 4.78 is 9.04. The summed E-state index contributed by atoms with van der Waals surface area (Å²) in [5.74, 6) is 5.99. The number of aryl methyl sites for hydroxylation is 2. The van der Waals surface area contributed by atoms with Crippen LogP contribution in [-0.4, -0.2) is 43.3 Å². The molecule has 0 saturated heterocycles. The minimum absolute atomic E-state index is 0.236. The molecule has 2 aliphatic rings. The number of pyridine rings is 1. The number of anilines is 2. The smallest absolute Gasteiger partial charge is 0.308 e. The Morgan fingerprint density at radius 3 is 2.66 bits per heavy atom. The van der Waals surface area contributed by atoms with Gasteiger partial charge in [0.05, 0.1) is 11.2 Å². The Labute approximate surface area is 231 Å². The zero-order valence-electron chi connectivity index (χ0n) is 22.3. The number of benzene rings is 1. The predicted molar refractivity (Wildman–Crippen MR) is 149 cm³/mol. The third-order valence-electron chi connectivity index (χ3n) is 7.79. The molecule has 2 heterocycles. The summed E-state index contributed by atoms with van der Waals surface area (Å²) >= 11 is 3.65. The summed E-state index contributed by atoms with van der Waals surface area (Å²) in [6.07, 6.45) is 1.68. The summed E-state index contributed by atoms with van der Waals surface area (Å²) in [4.78, 5) is 19.9. The second kappa shape index (κ2) is 9.99. The molecule has 2 aromatic heterocycles. The van der Waals surface area contributed by atoms with E-state index in [1.807, 2.05) is 46.0 Å². The largest absolute Gasteiger partial charge is 0.472 e. The highest BCUT2D eigenvalue weighted by Crippen LogP contribution is 2.48. The fourth-order valence-corrected chi connectivity index (χ4v) is 5.96. The number of hydrogen-bond donors (Lipinski definition) is 2. The van der Waals surface area contributed by atoms with E-state index in [2.05, 4.69) is 38.9 Å². The van der Waals surface area contributed by atoms with E-state index in [1.165, 1.54) is 0 Å². The lowest BCUT2D eigenvalue weighted by molar-refractivity contribution is -0.112.